The highest BCUT2D eigenvalue weighted by atomic mass is 35.5. The first-order valence-electron chi connectivity index (χ1n) is 6.26. The summed E-state index contributed by atoms with van der Waals surface area (Å²) in [5.74, 6) is -1.10. The van der Waals surface area contributed by atoms with E-state index in [2.05, 4.69) is 15.8 Å². The van der Waals surface area contributed by atoms with Gasteiger partial charge >= 0.3 is 0 Å². The van der Waals surface area contributed by atoms with Crippen LogP contribution in [0.2, 0.25) is 5.02 Å². The van der Waals surface area contributed by atoms with Gasteiger partial charge in [0.25, 0.3) is 11.6 Å². The Hall–Kier alpha value is -2.99. The number of nitrogens with one attached hydrogen (secondary N) is 2. The summed E-state index contributed by atoms with van der Waals surface area (Å²) in [5.41, 5.74) is 2.30. The second-order valence-electron chi connectivity index (χ2n) is 4.36. The normalized spacial score (nSPS) is 10.6. The minimum atomic E-state index is -0.608. The molecule has 0 aliphatic rings. The van der Waals surface area contributed by atoms with E-state index in [1.807, 2.05) is 0 Å². The molecule has 0 heterocycles. The Balaban J connectivity index is 2.68. The van der Waals surface area contributed by atoms with Crippen LogP contribution in [0, 0.1) is 21.4 Å². The Morgan fingerprint density at radius 3 is 2.74 bits per heavy atom. The molecule has 120 valence electrons. The van der Waals surface area contributed by atoms with Gasteiger partial charge in [-0.1, -0.05) is 11.6 Å². The highest BCUT2D eigenvalue weighted by Crippen LogP contribution is 2.26. The molecular formula is C13H12ClN5O4. The number of anilines is 1. The number of nitrogens with zero attached hydrogens (tertiary/aromatic N) is 3. The summed E-state index contributed by atoms with van der Waals surface area (Å²) in [4.78, 5) is 33.0. The summed E-state index contributed by atoms with van der Waals surface area (Å²) in [5, 5.41) is 25.3. The average molecular weight is 338 g/mol. The largest absolute Gasteiger partial charge is 0.324 e. The molecule has 0 radical (unpaired) electrons. The summed E-state index contributed by atoms with van der Waals surface area (Å²) in [6.45, 7) is 1.50. The molecule has 0 aliphatic carbocycles. The third kappa shape index (κ3) is 6.11. The highest BCUT2D eigenvalue weighted by Gasteiger charge is 2.12. The fourth-order valence-corrected chi connectivity index (χ4v) is 1.62. The lowest BCUT2D eigenvalue weighted by molar-refractivity contribution is -0.384. The molecule has 23 heavy (non-hydrogen) atoms. The van der Waals surface area contributed by atoms with E-state index >= 15 is 0 Å². The Bertz CT molecular complexity index is 711. The Morgan fingerprint density at radius 1 is 1.43 bits per heavy atom. The Labute approximate surface area is 136 Å². The SMILES string of the molecule is C/C(CC(=O)Nc1cc([N+](=O)[O-])ccc1Cl)=N\NC(=O)CC#N. The molecule has 0 atom stereocenters. The van der Waals surface area contributed by atoms with Crippen LogP contribution in [0.4, 0.5) is 11.4 Å². The maximum Gasteiger partial charge on any atom is 0.271 e. The van der Waals surface area contributed by atoms with Crippen molar-refractivity contribution in [2.45, 2.75) is 19.8 Å². The predicted molar refractivity (Wildman–Crippen MR) is 82.8 cm³/mol. The van der Waals surface area contributed by atoms with Gasteiger partial charge in [-0.2, -0.15) is 10.4 Å². The Kier molecular flexibility index (Phi) is 6.64. The van der Waals surface area contributed by atoms with E-state index in [9.17, 15) is 19.7 Å². The minimum absolute atomic E-state index is 0.104. The summed E-state index contributed by atoms with van der Waals surface area (Å²) < 4.78 is 0. The average Bonchev–Trinajstić information content (AvgIpc) is 2.47. The van der Waals surface area contributed by atoms with Crippen LogP contribution >= 0.6 is 11.6 Å². The van der Waals surface area contributed by atoms with Gasteiger partial charge in [0.05, 0.1) is 28.1 Å². The number of nitro benzene ring substituents is 1. The number of hydrazone groups is 1. The van der Waals surface area contributed by atoms with Gasteiger partial charge in [-0.25, -0.2) is 5.43 Å². The molecule has 0 aromatic heterocycles. The van der Waals surface area contributed by atoms with Gasteiger partial charge in [0, 0.05) is 17.8 Å². The molecule has 0 bridgehead atoms. The molecule has 9 nitrogen and oxygen atoms in total. The second-order valence-corrected chi connectivity index (χ2v) is 4.77. The van der Waals surface area contributed by atoms with Crippen molar-refractivity contribution >= 4 is 40.5 Å². The summed E-state index contributed by atoms with van der Waals surface area (Å²) in [6, 6.07) is 5.32. The molecule has 1 rings (SSSR count). The fraction of sp³-hybridized carbons (Fsp3) is 0.231. The number of hydrogen-bond acceptors (Lipinski definition) is 6. The van der Waals surface area contributed by atoms with Crippen LogP contribution in [0.25, 0.3) is 0 Å². The number of halogens is 1. The van der Waals surface area contributed by atoms with Gasteiger partial charge in [-0.15, -0.1) is 0 Å². The van der Waals surface area contributed by atoms with E-state index in [0.717, 1.165) is 6.07 Å². The molecular weight excluding hydrogens is 326 g/mol. The van der Waals surface area contributed by atoms with Gasteiger partial charge in [0.15, 0.2) is 0 Å². The standard InChI is InChI=1S/C13H12ClN5O4/c1-8(17-18-12(20)4-5-15)6-13(21)16-11-7-9(19(22)23)2-3-10(11)14/h2-3,7H,4,6H2,1H3,(H,16,21)(H,18,20)/b17-8+. The monoisotopic (exact) mass is 337 g/mol. The van der Waals surface area contributed by atoms with Gasteiger partial charge < -0.3 is 5.32 Å². The molecule has 0 saturated heterocycles. The van der Waals surface area contributed by atoms with Crippen molar-refractivity contribution in [3.8, 4) is 6.07 Å². The third-order valence-electron chi connectivity index (χ3n) is 2.46. The molecule has 2 amide bonds. The van der Waals surface area contributed by atoms with Crippen molar-refractivity contribution in [3.63, 3.8) is 0 Å². The smallest absolute Gasteiger partial charge is 0.271 e. The maximum atomic E-state index is 11.8. The number of carbonyl (C=O) groups excluding carboxylic acids is 2. The molecule has 1 aromatic carbocycles. The van der Waals surface area contributed by atoms with Crippen molar-refractivity contribution < 1.29 is 14.5 Å². The molecule has 2 N–H and O–H groups in total. The first kappa shape index (κ1) is 18.1. The van der Waals surface area contributed by atoms with Crippen LogP contribution < -0.4 is 10.7 Å². The van der Waals surface area contributed by atoms with Crippen molar-refractivity contribution in [2.75, 3.05) is 5.32 Å². The zero-order valence-electron chi connectivity index (χ0n) is 12.0. The van der Waals surface area contributed by atoms with E-state index in [1.165, 1.54) is 19.1 Å². The van der Waals surface area contributed by atoms with Crippen molar-refractivity contribution in [1.82, 2.24) is 5.43 Å². The lowest BCUT2D eigenvalue weighted by atomic mass is 10.2. The van der Waals surface area contributed by atoms with Crippen LogP contribution in [-0.4, -0.2) is 22.4 Å². The highest BCUT2D eigenvalue weighted by molar-refractivity contribution is 6.33. The molecule has 0 spiro atoms. The van der Waals surface area contributed by atoms with E-state index in [0.29, 0.717) is 0 Å². The number of non-ortho nitro benzene ring substituents is 1. The molecule has 0 saturated carbocycles. The van der Waals surface area contributed by atoms with Crippen molar-refractivity contribution in [3.05, 3.63) is 33.3 Å². The van der Waals surface area contributed by atoms with Crippen LogP contribution in [0.15, 0.2) is 23.3 Å². The van der Waals surface area contributed by atoms with Crippen LogP contribution in [-0.2, 0) is 9.59 Å². The number of nitriles is 1. The van der Waals surface area contributed by atoms with Gasteiger partial charge in [-0.3, -0.25) is 19.7 Å². The lowest BCUT2D eigenvalue weighted by Gasteiger charge is -2.07. The van der Waals surface area contributed by atoms with Crippen molar-refractivity contribution in [2.24, 2.45) is 5.10 Å². The zero-order valence-corrected chi connectivity index (χ0v) is 12.8. The lowest BCUT2D eigenvalue weighted by Crippen LogP contribution is -2.21. The van der Waals surface area contributed by atoms with E-state index in [1.54, 1.807) is 6.07 Å². The van der Waals surface area contributed by atoms with Gasteiger partial charge in [0.1, 0.15) is 6.42 Å². The molecule has 0 unspecified atom stereocenters. The summed E-state index contributed by atoms with van der Waals surface area (Å²) in [6.07, 6.45) is -0.502. The molecule has 0 fully saturated rings. The first-order chi connectivity index (χ1) is 10.8. The van der Waals surface area contributed by atoms with E-state index in [-0.39, 0.29) is 35.0 Å². The summed E-state index contributed by atoms with van der Waals surface area (Å²) in [7, 11) is 0. The third-order valence-corrected chi connectivity index (χ3v) is 2.79. The Morgan fingerprint density at radius 2 is 2.13 bits per heavy atom. The first-order valence-corrected chi connectivity index (χ1v) is 6.64. The number of nitro groups is 1. The number of hydrogen-bond donors (Lipinski definition) is 2. The number of rotatable bonds is 6. The number of benzene rings is 1. The summed E-state index contributed by atoms with van der Waals surface area (Å²) >= 11 is 5.86. The topological polar surface area (TPSA) is 137 Å². The van der Waals surface area contributed by atoms with Crippen molar-refractivity contribution in [1.29, 1.82) is 5.26 Å². The van der Waals surface area contributed by atoms with Crippen LogP contribution in [0.3, 0.4) is 0 Å². The van der Waals surface area contributed by atoms with E-state index < -0.39 is 16.7 Å². The zero-order chi connectivity index (χ0) is 17.4. The predicted octanol–water partition coefficient (Wildman–Crippen LogP) is 1.98. The van der Waals surface area contributed by atoms with Crippen LogP contribution in [0.5, 0.6) is 0 Å². The quantitative estimate of drug-likeness (QED) is 0.464. The van der Waals surface area contributed by atoms with E-state index in [4.69, 9.17) is 16.9 Å². The molecule has 0 aliphatic heterocycles. The maximum absolute atomic E-state index is 11.8. The minimum Gasteiger partial charge on any atom is -0.324 e. The number of carbonyl (C=O) groups is 2. The second kappa shape index (κ2) is 8.45. The van der Waals surface area contributed by atoms with Gasteiger partial charge in [-0.05, 0) is 13.0 Å². The van der Waals surface area contributed by atoms with Crippen LogP contribution in [0.1, 0.15) is 19.8 Å². The molecule has 1 aromatic rings. The number of amides is 2. The fourth-order valence-electron chi connectivity index (χ4n) is 1.46. The molecule has 10 heteroatoms. The van der Waals surface area contributed by atoms with Gasteiger partial charge in [0.2, 0.25) is 5.91 Å².